The minimum Gasteiger partial charge on any atom is -0.423 e. The van der Waals surface area contributed by atoms with Gasteiger partial charge in [-0.1, -0.05) is 42.0 Å². The van der Waals surface area contributed by atoms with Crippen LogP contribution >= 0.6 is 0 Å². The number of rotatable bonds is 4. The quantitative estimate of drug-likeness (QED) is 0.707. The Morgan fingerprint density at radius 2 is 1.56 bits per heavy atom. The number of anilines is 1. The summed E-state index contributed by atoms with van der Waals surface area (Å²) in [6.07, 6.45) is 0. The van der Waals surface area contributed by atoms with Crippen LogP contribution in [0.5, 0.6) is 0 Å². The van der Waals surface area contributed by atoms with Crippen molar-refractivity contribution < 1.29 is 10.0 Å². The van der Waals surface area contributed by atoms with Gasteiger partial charge in [0.2, 0.25) is 0 Å². The van der Waals surface area contributed by atoms with E-state index in [1.165, 1.54) is 5.56 Å². The summed E-state index contributed by atoms with van der Waals surface area (Å²) in [5.41, 5.74) is 3.92. The molecule has 0 spiro atoms. The highest BCUT2D eigenvalue weighted by Crippen LogP contribution is 2.10. The number of hydrogen-bond donors (Lipinski definition) is 3. The van der Waals surface area contributed by atoms with Crippen LogP contribution < -0.4 is 10.8 Å². The van der Waals surface area contributed by atoms with Gasteiger partial charge in [0.15, 0.2) is 0 Å². The van der Waals surface area contributed by atoms with Crippen LogP contribution in [0.15, 0.2) is 48.5 Å². The Labute approximate surface area is 107 Å². The smallest absolute Gasteiger partial charge is 0.423 e. The van der Waals surface area contributed by atoms with E-state index in [2.05, 4.69) is 24.4 Å². The fourth-order valence-corrected chi connectivity index (χ4v) is 1.68. The molecule has 92 valence electrons. The van der Waals surface area contributed by atoms with Gasteiger partial charge >= 0.3 is 7.12 Å². The molecule has 0 aliphatic rings. The van der Waals surface area contributed by atoms with Crippen molar-refractivity contribution in [3.8, 4) is 0 Å². The zero-order valence-electron chi connectivity index (χ0n) is 10.3. The minimum atomic E-state index is -1.40. The first-order chi connectivity index (χ1) is 8.65. The van der Waals surface area contributed by atoms with E-state index >= 15 is 0 Å². The van der Waals surface area contributed by atoms with E-state index < -0.39 is 7.12 Å². The van der Waals surface area contributed by atoms with Gasteiger partial charge in [0.1, 0.15) is 0 Å². The first-order valence-corrected chi connectivity index (χ1v) is 5.90. The average Bonchev–Trinajstić information content (AvgIpc) is 2.38. The largest absolute Gasteiger partial charge is 0.488 e. The molecule has 0 saturated carbocycles. The molecule has 0 radical (unpaired) electrons. The molecule has 0 atom stereocenters. The van der Waals surface area contributed by atoms with Crippen LogP contribution in [0.1, 0.15) is 11.1 Å². The Balaban J connectivity index is 1.95. The normalized spacial score (nSPS) is 10.2. The maximum Gasteiger partial charge on any atom is 0.488 e. The molecule has 0 bridgehead atoms. The van der Waals surface area contributed by atoms with Crippen LogP contribution in [-0.4, -0.2) is 17.2 Å². The second-order valence-corrected chi connectivity index (χ2v) is 4.33. The monoisotopic (exact) mass is 241 g/mol. The van der Waals surface area contributed by atoms with Gasteiger partial charge in [-0.25, -0.2) is 0 Å². The lowest BCUT2D eigenvalue weighted by Crippen LogP contribution is -2.29. The van der Waals surface area contributed by atoms with Crippen molar-refractivity contribution >= 4 is 18.3 Å². The van der Waals surface area contributed by atoms with Crippen LogP contribution in [0.25, 0.3) is 0 Å². The van der Waals surface area contributed by atoms with Crippen molar-refractivity contribution in [3.63, 3.8) is 0 Å². The van der Waals surface area contributed by atoms with E-state index in [0.717, 1.165) is 11.3 Å². The summed E-state index contributed by atoms with van der Waals surface area (Å²) < 4.78 is 0. The second-order valence-electron chi connectivity index (χ2n) is 4.33. The summed E-state index contributed by atoms with van der Waals surface area (Å²) in [5, 5.41) is 21.3. The second kappa shape index (κ2) is 5.71. The zero-order valence-corrected chi connectivity index (χ0v) is 10.3. The Bertz CT molecular complexity index is 494. The number of nitrogens with one attached hydrogen (secondary N) is 1. The Morgan fingerprint density at radius 3 is 2.11 bits per heavy atom. The van der Waals surface area contributed by atoms with E-state index in [0.29, 0.717) is 12.0 Å². The maximum atomic E-state index is 8.99. The SMILES string of the molecule is Cc1ccc(NCc2ccc(B(O)O)cc2)cc1. The molecule has 2 rings (SSSR count). The van der Waals surface area contributed by atoms with Crippen molar-refractivity contribution in [2.45, 2.75) is 13.5 Å². The molecule has 0 fully saturated rings. The van der Waals surface area contributed by atoms with Gasteiger partial charge in [0.05, 0.1) is 0 Å². The third kappa shape index (κ3) is 3.36. The van der Waals surface area contributed by atoms with Crippen LogP contribution in [0.3, 0.4) is 0 Å². The van der Waals surface area contributed by atoms with Gasteiger partial charge in [-0.2, -0.15) is 0 Å². The van der Waals surface area contributed by atoms with E-state index in [4.69, 9.17) is 10.0 Å². The minimum absolute atomic E-state index is 0.508. The predicted octanol–water partition coefficient (Wildman–Crippen LogP) is 1.29. The number of aryl methyl sites for hydroxylation is 1. The summed E-state index contributed by atoms with van der Waals surface area (Å²) in [6, 6.07) is 15.4. The van der Waals surface area contributed by atoms with E-state index in [1.54, 1.807) is 12.1 Å². The molecule has 0 aliphatic heterocycles. The Morgan fingerprint density at radius 1 is 0.944 bits per heavy atom. The fourth-order valence-electron chi connectivity index (χ4n) is 1.68. The third-order valence-corrected chi connectivity index (χ3v) is 2.83. The van der Waals surface area contributed by atoms with Gasteiger partial charge in [-0.05, 0) is 30.1 Å². The highest BCUT2D eigenvalue weighted by Gasteiger charge is 2.09. The predicted molar refractivity (Wildman–Crippen MR) is 74.8 cm³/mol. The molecular formula is C14H16BNO2. The molecular weight excluding hydrogens is 225 g/mol. The van der Waals surface area contributed by atoms with Gasteiger partial charge in [0.25, 0.3) is 0 Å². The molecule has 0 aliphatic carbocycles. The van der Waals surface area contributed by atoms with Crippen molar-refractivity contribution in [1.29, 1.82) is 0 Å². The van der Waals surface area contributed by atoms with E-state index in [1.807, 2.05) is 24.3 Å². The summed E-state index contributed by atoms with van der Waals surface area (Å²) in [6.45, 7) is 2.77. The van der Waals surface area contributed by atoms with Crippen molar-refractivity contribution in [3.05, 3.63) is 59.7 Å². The van der Waals surface area contributed by atoms with Crippen LogP contribution in [0, 0.1) is 6.92 Å². The molecule has 18 heavy (non-hydrogen) atoms. The number of hydrogen-bond acceptors (Lipinski definition) is 3. The zero-order chi connectivity index (χ0) is 13.0. The maximum absolute atomic E-state index is 8.99. The molecule has 0 amide bonds. The summed E-state index contributed by atoms with van der Waals surface area (Å²) >= 11 is 0. The molecule has 2 aromatic carbocycles. The molecule has 0 saturated heterocycles. The average molecular weight is 241 g/mol. The Kier molecular flexibility index (Phi) is 4.02. The highest BCUT2D eigenvalue weighted by atomic mass is 16.4. The fraction of sp³-hybridized carbons (Fsp3) is 0.143. The summed E-state index contributed by atoms with van der Waals surface area (Å²) in [4.78, 5) is 0. The van der Waals surface area contributed by atoms with Gasteiger partial charge < -0.3 is 15.4 Å². The topological polar surface area (TPSA) is 52.5 Å². The summed E-state index contributed by atoms with van der Waals surface area (Å²) in [7, 11) is -1.40. The van der Waals surface area contributed by atoms with Crippen LogP contribution in [-0.2, 0) is 6.54 Å². The standard InChI is InChI=1S/C14H16BNO2/c1-11-2-8-14(9-3-11)16-10-12-4-6-13(7-5-12)15(17)18/h2-9,16-18H,10H2,1H3. The van der Waals surface area contributed by atoms with E-state index in [9.17, 15) is 0 Å². The molecule has 0 unspecified atom stereocenters. The molecule has 4 heteroatoms. The van der Waals surface area contributed by atoms with Crippen LogP contribution in [0.2, 0.25) is 0 Å². The van der Waals surface area contributed by atoms with Crippen molar-refractivity contribution in [2.75, 3.05) is 5.32 Å². The third-order valence-electron chi connectivity index (χ3n) is 2.83. The van der Waals surface area contributed by atoms with Crippen molar-refractivity contribution in [1.82, 2.24) is 0 Å². The molecule has 3 N–H and O–H groups in total. The first kappa shape index (κ1) is 12.7. The van der Waals surface area contributed by atoms with Crippen molar-refractivity contribution in [2.24, 2.45) is 0 Å². The lowest BCUT2D eigenvalue weighted by molar-refractivity contribution is 0.426. The van der Waals surface area contributed by atoms with Gasteiger partial charge in [-0.15, -0.1) is 0 Å². The number of benzene rings is 2. The van der Waals surface area contributed by atoms with E-state index in [-0.39, 0.29) is 0 Å². The highest BCUT2D eigenvalue weighted by molar-refractivity contribution is 6.58. The molecule has 0 aromatic heterocycles. The molecule has 0 heterocycles. The Hall–Kier alpha value is -1.78. The van der Waals surface area contributed by atoms with Gasteiger partial charge in [-0.3, -0.25) is 0 Å². The van der Waals surface area contributed by atoms with Gasteiger partial charge in [0, 0.05) is 12.2 Å². The molecule has 3 nitrogen and oxygen atoms in total. The molecule has 2 aromatic rings. The van der Waals surface area contributed by atoms with Crippen LogP contribution in [0.4, 0.5) is 5.69 Å². The lowest BCUT2D eigenvalue weighted by atomic mass is 9.80. The lowest BCUT2D eigenvalue weighted by Gasteiger charge is -2.07. The first-order valence-electron chi connectivity index (χ1n) is 5.90. The summed E-state index contributed by atoms with van der Waals surface area (Å²) in [5.74, 6) is 0.